The van der Waals surface area contributed by atoms with Crippen molar-refractivity contribution in [1.82, 2.24) is 24.1 Å². The van der Waals surface area contributed by atoms with E-state index in [0.717, 1.165) is 22.2 Å². The van der Waals surface area contributed by atoms with Gasteiger partial charge in [-0.3, -0.25) is 9.89 Å². The van der Waals surface area contributed by atoms with E-state index in [0.29, 0.717) is 50.5 Å². The number of nitrogens with zero attached hydrogens (tertiary/aromatic N) is 4. The number of carbonyl (C=O) groups is 1. The molecule has 0 radical (unpaired) electrons. The number of hydrogen-bond acceptors (Lipinski definition) is 6. The summed E-state index contributed by atoms with van der Waals surface area (Å²) in [4.78, 5) is 17.6. The summed E-state index contributed by atoms with van der Waals surface area (Å²) >= 11 is 0. The first-order chi connectivity index (χ1) is 16.5. The van der Waals surface area contributed by atoms with Gasteiger partial charge in [-0.25, -0.2) is 13.4 Å². The lowest BCUT2D eigenvalue weighted by molar-refractivity contribution is -0.116. The van der Waals surface area contributed by atoms with Crippen molar-refractivity contribution < 1.29 is 17.9 Å². The summed E-state index contributed by atoms with van der Waals surface area (Å²) in [6.07, 6.45) is 2.38. The van der Waals surface area contributed by atoms with E-state index in [9.17, 15) is 13.2 Å². The Morgan fingerprint density at radius 3 is 2.82 bits per heavy atom. The molecular weight excluding hydrogens is 456 g/mol. The number of carbonyl (C=O) groups excluding carboxylic acids is 1. The third-order valence-electron chi connectivity index (χ3n) is 6.05. The molecule has 0 bridgehead atoms. The van der Waals surface area contributed by atoms with Gasteiger partial charge in [-0.05, 0) is 31.2 Å². The number of rotatable bonds is 7. The summed E-state index contributed by atoms with van der Waals surface area (Å²) in [6.45, 7) is 4.14. The number of imidazole rings is 1. The SMILES string of the molecule is CCn1c(CCC(=O)Nc2cccc3cn[nH]c23)nc2cc(S(=O)(=O)N3CCOCC3)ccc21. The lowest BCUT2D eigenvalue weighted by atomic mass is 10.2. The summed E-state index contributed by atoms with van der Waals surface area (Å²) in [5, 5.41) is 10.8. The van der Waals surface area contributed by atoms with Crippen molar-refractivity contribution in [3.05, 3.63) is 48.4 Å². The van der Waals surface area contributed by atoms with E-state index < -0.39 is 10.0 Å². The van der Waals surface area contributed by atoms with Crippen molar-refractivity contribution in [2.24, 2.45) is 0 Å². The van der Waals surface area contributed by atoms with Crippen LogP contribution >= 0.6 is 0 Å². The number of ether oxygens (including phenoxy) is 1. The topological polar surface area (TPSA) is 122 Å². The van der Waals surface area contributed by atoms with Gasteiger partial charge in [0.1, 0.15) is 5.82 Å². The number of morpholine rings is 1. The van der Waals surface area contributed by atoms with Crippen molar-refractivity contribution in [1.29, 1.82) is 0 Å². The second-order valence-corrected chi connectivity index (χ2v) is 10.1. The fraction of sp³-hybridized carbons (Fsp3) is 0.348. The molecule has 3 heterocycles. The molecule has 1 amide bonds. The summed E-state index contributed by atoms with van der Waals surface area (Å²) in [6, 6.07) is 10.7. The maximum absolute atomic E-state index is 13.0. The van der Waals surface area contributed by atoms with Crippen LogP contribution in [0.15, 0.2) is 47.5 Å². The van der Waals surface area contributed by atoms with Crippen LogP contribution in [0.5, 0.6) is 0 Å². The summed E-state index contributed by atoms with van der Waals surface area (Å²) < 4.78 is 34.8. The van der Waals surface area contributed by atoms with Crippen molar-refractivity contribution in [3.8, 4) is 0 Å². The number of para-hydroxylation sites is 1. The van der Waals surface area contributed by atoms with Gasteiger partial charge < -0.3 is 14.6 Å². The number of hydrogen-bond donors (Lipinski definition) is 2. The van der Waals surface area contributed by atoms with E-state index in [4.69, 9.17) is 4.74 Å². The molecule has 34 heavy (non-hydrogen) atoms. The zero-order valence-corrected chi connectivity index (χ0v) is 19.6. The van der Waals surface area contributed by atoms with Crippen LogP contribution in [0.1, 0.15) is 19.2 Å². The van der Waals surface area contributed by atoms with E-state index in [-0.39, 0.29) is 17.2 Å². The van der Waals surface area contributed by atoms with Crippen molar-refractivity contribution >= 4 is 43.6 Å². The normalized spacial score (nSPS) is 15.2. The third-order valence-corrected chi connectivity index (χ3v) is 7.94. The Labute approximate surface area is 197 Å². The predicted molar refractivity (Wildman–Crippen MR) is 128 cm³/mol. The maximum Gasteiger partial charge on any atom is 0.243 e. The Kier molecular flexibility index (Phi) is 6.07. The van der Waals surface area contributed by atoms with Crippen LogP contribution in [0.25, 0.3) is 21.9 Å². The molecule has 1 aliphatic rings. The second kappa shape index (κ2) is 9.16. The van der Waals surface area contributed by atoms with Gasteiger partial charge in [-0.1, -0.05) is 12.1 Å². The number of aromatic nitrogens is 4. The smallest absolute Gasteiger partial charge is 0.243 e. The van der Waals surface area contributed by atoms with E-state index in [1.165, 1.54) is 4.31 Å². The van der Waals surface area contributed by atoms with Crippen LogP contribution in [-0.2, 0) is 32.5 Å². The molecule has 2 N–H and O–H groups in total. The van der Waals surface area contributed by atoms with Gasteiger partial charge >= 0.3 is 0 Å². The van der Waals surface area contributed by atoms with Crippen molar-refractivity contribution in [3.63, 3.8) is 0 Å². The maximum atomic E-state index is 13.0. The highest BCUT2D eigenvalue weighted by atomic mass is 32.2. The lowest BCUT2D eigenvalue weighted by Crippen LogP contribution is -2.40. The molecule has 0 aliphatic carbocycles. The minimum atomic E-state index is -3.61. The quantitative estimate of drug-likeness (QED) is 0.417. The first-order valence-electron chi connectivity index (χ1n) is 11.3. The molecule has 1 fully saturated rings. The number of aryl methyl sites for hydroxylation is 2. The van der Waals surface area contributed by atoms with Crippen molar-refractivity contribution in [2.45, 2.75) is 31.2 Å². The molecule has 1 aliphatic heterocycles. The molecular formula is C23H26N6O4S. The fourth-order valence-corrected chi connectivity index (χ4v) is 5.74. The number of H-pyrrole nitrogens is 1. The van der Waals surface area contributed by atoms with Crippen LogP contribution in [-0.4, -0.2) is 64.7 Å². The fourth-order valence-electron chi connectivity index (χ4n) is 4.31. The molecule has 2 aromatic heterocycles. The largest absolute Gasteiger partial charge is 0.379 e. The number of amides is 1. The number of fused-ring (bicyclic) bond motifs is 2. The monoisotopic (exact) mass is 482 g/mol. The van der Waals surface area contributed by atoms with Crippen LogP contribution < -0.4 is 5.32 Å². The minimum absolute atomic E-state index is 0.132. The van der Waals surface area contributed by atoms with E-state index in [1.807, 2.05) is 29.7 Å². The molecule has 10 nitrogen and oxygen atoms in total. The van der Waals surface area contributed by atoms with Crippen LogP contribution in [0.4, 0.5) is 5.69 Å². The van der Waals surface area contributed by atoms with Gasteiger partial charge in [0.05, 0.1) is 46.5 Å². The Morgan fingerprint density at radius 1 is 1.21 bits per heavy atom. The highest BCUT2D eigenvalue weighted by molar-refractivity contribution is 7.89. The first kappa shape index (κ1) is 22.5. The van der Waals surface area contributed by atoms with Gasteiger partial charge in [-0.2, -0.15) is 9.40 Å². The Morgan fingerprint density at radius 2 is 2.03 bits per heavy atom. The van der Waals surface area contributed by atoms with Crippen molar-refractivity contribution in [2.75, 3.05) is 31.6 Å². The molecule has 0 spiro atoms. The average molecular weight is 483 g/mol. The number of aromatic amines is 1. The second-order valence-electron chi connectivity index (χ2n) is 8.13. The first-order valence-corrected chi connectivity index (χ1v) is 12.7. The van der Waals surface area contributed by atoms with E-state index in [2.05, 4.69) is 20.5 Å². The van der Waals surface area contributed by atoms with Gasteiger partial charge in [0.2, 0.25) is 15.9 Å². The molecule has 4 aromatic rings. The Balaban J connectivity index is 1.35. The number of sulfonamides is 1. The molecule has 11 heteroatoms. The van der Waals surface area contributed by atoms with Crippen LogP contribution in [0.2, 0.25) is 0 Å². The zero-order valence-electron chi connectivity index (χ0n) is 18.8. The minimum Gasteiger partial charge on any atom is -0.379 e. The van der Waals surface area contributed by atoms with Gasteiger partial charge in [-0.15, -0.1) is 0 Å². The van der Waals surface area contributed by atoms with Crippen LogP contribution in [0.3, 0.4) is 0 Å². The Bertz CT molecular complexity index is 1450. The molecule has 1 saturated heterocycles. The molecule has 0 saturated carbocycles. The highest BCUT2D eigenvalue weighted by Gasteiger charge is 2.27. The predicted octanol–water partition coefficient (Wildman–Crippen LogP) is 2.52. The number of nitrogens with one attached hydrogen (secondary N) is 2. The number of anilines is 1. The average Bonchev–Trinajstić information content (AvgIpc) is 3.47. The third kappa shape index (κ3) is 4.17. The van der Waals surface area contributed by atoms with Crippen LogP contribution in [0, 0.1) is 0 Å². The standard InChI is InChI=1S/C23H26N6O4S/c1-2-29-20-7-6-17(34(31,32)28-10-12-33-13-11-28)14-19(20)25-21(29)8-9-22(30)26-18-5-3-4-16-15-24-27-23(16)18/h3-7,14-15H,2,8-13H2,1H3,(H,24,27)(H,26,30). The van der Waals surface area contributed by atoms with Gasteiger partial charge in [0.25, 0.3) is 0 Å². The molecule has 178 valence electrons. The molecule has 0 unspecified atom stereocenters. The van der Waals surface area contributed by atoms with Gasteiger partial charge in [0.15, 0.2) is 0 Å². The van der Waals surface area contributed by atoms with E-state index >= 15 is 0 Å². The summed E-state index contributed by atoms with van der Waals surface area (Å²) in [5.41, 5.74) is 2.92. The number of benzene rings is 2. The summed E-state index contributed by atoms with van der Waals surface area (Å²) in [7, 11) is -3.61. The summed E-state index contributed by atoms with van der Waals surface area (Å²) in [5.74, 6) is 0.612. The lowest BCUT2D eigenvalue weighted by Gasteiger charge is -2.26. The Hall–Kier alpha value is -3.28. The highest BCUT2D eigenvalue weighted by Crippen LogP contribution is 2.25. The zero-order chi connectivity index (χ0) is 23.7. The molecule has 5 rings (SSSR count). The molecule has 0 atom stereocenters. The van der Waals surface area contributed by atoms with Gasteiger partial charge in [0, 0.05) is 37.9 Å². The van der Waals surface area contributed by atoms with E-state index in [1.54, 1.807) is 24.4 Å². The molecule has 2 aromatic carbocycles.